The minimum absolute atomic E-state index is 0.0801. The molecule has 4 nitrogen and oxygen atoms in total. The molecule has 1 rings (SSSR count). The molecule has 4 heteroatoms. The maximum atomic E-state index is 11.3. The van der Waals surface area contributed by atoms with Crippen LogP contribution in [-0.4, -0.2) is 30.7 Å². The van der Waals surface area contributed by atoms with Crippen LogP contribution in [0.3, 0.4) is 0 Å². The smallest absolute Gasteiger partial charge is 0.251 e. The molecule has 0 aliphatic carbocycles. The molecule has 0 radical (unpaired) electrons. The van der Waals surface area contributed by atoms with Crippen molar-refractivity contribution in [3.63, 3.8) is 0 Å². The van der Waals surface area contributed by atoms with Crippen molar-refractivity contribution in [3.05, 3.63) is 35.4 Å². The molecule has 0 spiro atoms. The van der Waals surface area contributed by atoms with E-state index < -0.39 is 0 Å². The molecule has 0 heterocycles. The summed E-state index contributed by atoms with van der Waals surface area (Å²) in [6.07, 6.45) is -0.342. The lowest BCUT2D eigenvalue weighted by atomic mass is 10.1. The molecule has 16 heavy (non-hydrogen) atoms. The van der Waals surface area contributed by atoms with E-state index in [0.29, 0.717) is 18.7 Å². The molecular weight excluding hydrogens is 204 g/mol. The van der Waals surface area contributed by atoms with Crippen molar-refractivity contribution in [1.29, 1.82) is 0 Å². The van der Waals surface area contributed by atoms with E-state index in [1.807, 2.05) is 12.1 Å². The van der Waals surface area contributed by atoms with Gasteiger partial charge in [0.05, 0.1) is 6.10 Å². The van der Waals surface area contributed by atoms with Gasteiger partial charge in [-0.1, -0.05) is 12.1 Å². The van der Waals surface area contributed by atoms with Crippen LogP contribution in [0.1, 0.15) is 22.8 Å². The minimum atomic E-state index is -0.342. The second kappa shape index (κ2) is 6.25. The Morgan fingerprint density at radius 1 is 1.38 bits per heavy atom. The third kappa shape index (κ3) is 4.00. The fourth-order valence-electron chi connectivity index (χ4n) is 1.34. The van der Waals surface area contributed by atoms with Crippen LogP contribution in [0.25, 0.3) is 0 Å². The largest absolute Gasteiger partial charge is 0.392 e. The Balaban J connectivity index is 2.48. The van der Waals surface area contributed by atoms with E-state index in [1.54, 1.807) is 26.1 Å². The molecule has 0 saturated carbocycles. The summed E-state index contributed by atoms with van der Waals surface area (Å²) in [5.41, 5.74) is 1.75. The third-order valence-electron chi connectivity index (χ3n) is 2.21. The van der Waals surface area contributed by atoms with Gasteiger partial charge in [-0.2, -0.15) is 0 Å². The Morgan fingerprint density at radius 2 is 2.00 bits per heavy atom. The van der Waals surface area contributed by atoms with E-state index in [2.05, 4.69) is 10.6 Å². The van der Waals surface area contributed by atoms with Crippen molar-refractivity contribution < 1.29 is 9.90 Å². The average molecular weight is 222 g/mol. The zero-order valence-electron chi connectivity index (χ0n) is 9.66. The van der Waals surface area contributed by atoms with Gasteiger partial charge in [-0.05, 0) is 24.6 Å². The van der Waals surface area contributed by atoms with Crippen molar-refractivity contribution in [2.75, 3.05) is 13.6 Å². The van der Waals surface area contributed by atoms with E-state index in [9.17, 15) is 4.79 Å². The van der Waals surface area contributed by atoms with E-state index in [0.717, 1.165) is 5.56 Å². The maximum absolute atomic E-state index is 11.3. The minimum Gasteiger partial charge on any atom is -0.392 e. The van der Waals surface area contributed by atoms with Gasteiger partial charge in [0.25, 0.3) is 5.91 Å². The zero-order valence-corrected chi connectivity index (χ0v) is 9.66. The molecule has 0 aliphatic heterocycles. The summed E-state index contributed by atoms with van der Waals surface area (Å²) in [5.74, 6) is -0.0801. The van der Waals surface area contributed by atoms with Crippen molar-refractivity contribution >= 4 is 5.91 Å². The summed E-state index contributed by atoms with van der Waals surface area (Å²) >= 11 is 0. The topological polar surface area (TPSA) is 61.4 Å². The number of benzene rings is 1. The number of hydrogen-bond acceptors (Lipinski definition) is 3. The predicted molar refractivity (Wildman–Crippen MR) is 63.2 cm³/mol. The quantitative estimate of drug-likeness (QED) is 0.680. The van der Waals surface area contributed by atoms with Gasteiger partial charge in [0.1, 0.15) is 0 Å². The Morgan fingerprint density at radius 3 is 2.50 bits per heavy atom. The van der Waals surface area contributed by atoms with Crippen LogP contribution in [0.5, 0.6) is 0 Å². The molecular formula is C12H18N2O2. The molecule has 0 fully saturated rings. The molecule has 0 saturated heterocycles. The van der Waals surface area contributed by atoms with E-state index in [4.69, 9.17) is 5.11 Å². The molecule has 0 bridgehead atoms. The van der Waals surface area contributed by atoms with Crippen molar-refractivity contribution in [2.24, 2.45) is 0 Å². The molecule has 1 amide bonds. The lowest BCUT2D eigenvalue weighted by molar-refractivity contribution is 0.0963. The summed E-state index contributed by atoms with van der Waals surface area (Å²) < 4.78 is 0. The van der Waals surface area contributed by atoms with Crippen LogP contribution in [0.4, 0.5) is 0 Å². The van der Waals surface area contributed by atoms with Crippen LogP contribution in [0.2, 0.25) is 0 Å². The number of amides is 1. The molecule has 1 atom stereocenters. The van der Waals surface area contributed by atoms with E-state index in [-0.39, 0.29) is 12.0 Å². The van der Waals surface area contributed by atoms with Crippen LogP contribution in [-0.2, 0) is 6.54 Å². The summed E-state index contributed by atoms with van der Waals surface area (Å²) in [4.78, 5) is 11.3. The van der Waals surface area contributed by atoms with Gasteiger partial charge < -0.3 is 15.7 Å². The van der Waals surface area contributed by atoms with Crippen LogP contribution in [0.15, 0.2) is 24.3 Å². The average Bonchev–Trinajstić information content (AvgIpc) is 2.28. The van der Waals surface area contributed by atoms with Gasteiger partial charge in [-0.3, -0.25) is 4.79 Å². The van der Waals surface area contributed by atoms with Crippen LogP contribution in [0, 0.1) is 0 Å². The SMILES string of the molecule is CNC(=O)c1ccc(CNC[C@H](C)O)cc1. The molecule has 0 unspecified atom stereocenters. The molecule has 88 valence electrons. The monoisotopic (exact) mass is 222 g/mol. The van der Waals surface area contributed by atoms with Gasteiger partial charge in [0.15, 0.2) is 0 Å². The number of rotatable bonds is 5. The summed E-state index contributed by atoms with van der Waals surface area (Å²) in [7, 11) is 1.61. The number of carbonyl (C=O) groups excluding carboxylic acids is 1. The number of carbonyl (C=O) groups is 1. The second-order valence-corrected chi connectivity index (χ2v) is 3.76. The van der Waals surface area contributed by atoms with Crippen molar-refractivity contribution in [3.8, 4) is 0 Å². The molecule has 1 aromatic rings. The number of nitrogens with one attached hydrogen (secondary N) is 2. The van der Waals surface area contributed by atoms with Gasteiger partial charge in [0.2, 0.25) is 0 Å². The molecule has 3 N–H and O–H groups in total. The Bertz CT molecular complexity index is 333. The van der Waals surface area contributed by atoms with Gasteiger partial charge >= 0.3 is 0 Å². The highest BCUT2D eigenvalue weighted by Crippen LogP contribution is 2.04. The van der Waals surface area contributed by atoms with Crippen molar-refractivity contribution in [2.45, 2.75) is 19.6 Å². The Hall–Kier alpha value is -1.39. The fraction of sp³-hybridized carbons (Fsp3) is 0.417. The highest BCUT2D eigenvalue weighted by Gasteiger charge is 2.02. The lowest BCUT2D eigenvalue weighted by Gasteiger charge is -2.07. The predicted octanol–water partition coefficient (Wildman–Crippen LogP) is 0.517. The second-order valence-electron chi connectivity index (χ2n) is 3.76. The molecule has 0 aliphatic rings. The molecule has 0 aromatic heterocycles. The third-order valence-corrected chi connectivity index (χ3v) is 2.21. The first kappa shape index (κ1) is 12.7. The normalized spacial score (nSPS) is 12.2. The first-order valence-electron chi connectivity index (χ1n) is 5.33. The van der Waals surface area contributed by atoms with Gasteiger partial charge in [0, 0.05) is 25.7 Å². The highest BCUT2D eigenvalue weighted by atomic mass is 16.3. The maximum Gasteiger partial charge on any atom is 0.251 e. The van der Waals surface area contributed by atoms with E-state index >= 15 is 0 Å². The highest BCUT2D eigenvalue weighted by molar-refractivity contribution is 5.93. The number of hydrogen-bond donors (Lipinski definition) is 3. The zero-order chi connectivity index (χ0) is 12.0. The fourth-order valence-corrected chi connectivity index (χ4v) is 1.34. The van der Waals surface area contributed by atoms with Gasteiger partial charge in [-0.25, -0.2) is 0 Å². The van der Waals surface area contributed by atoms with E-state index in [1.165, 1.54) is 0 Å². The first-order chi connectivity index (χ1) is 7.63. The van der Waals surface area contributed by atoms with Gasteiger partial charge in [-0.15, -0.1) is 0 Å². The van der Waals surface area contributed by atoms with Crippen LogP contribution >= 0.6 is 0 Å². The summed E-state index contributed by atoms with van der Waals surface area (Å²) in [6, 6.07) is 7.38. The Kier molecular flexibility index (Phi) is 4.95. The standard InChI is InChI=1S/C12H18N2O2/c1-9(15)7-14-8-10-3-5-11(6-4-10)12(16)13-2/h3-6,9,14-15H,7-8H2,1-2H3,(H,13,16)/t9-/m0/s1. The molecule has 1 aromatic carbocycles. The number of aliphatic hydroxyl groups excluding tert-OH is 1. The lowest BCUT2D eigenvalue weighted by Crippen LogP contribution is -2.24. The Labute approximate surface area is 95.7 Å². The summed E-state index contributed by atoms with van der Waals surface area (Å²) in [5, 5.41) is 14.7. The number of aliphatic hydroxyl groups is 1. The first-order valence-corrected chi connectivity index (χ1v) is 5.33. The van der Waals surface area contributed by atoms with Crippen molar-refractivity contribution in [1.82, 2.24) is 10.6 Å². The van der Waals surface area contributed by atoms with Crippen LogP contribution < -0.4 is 10.6 Å². The summed E-state index contributed by atoms with van der Waals surface area (Å²) in [6.45, 7) is 3.00.